The molecule has 1 aliphatic carbocycles. The zero-order valence-electron chi connectivity index (χ0n) is 9.40. The Labute approximate surface area is 101 Å². The van der Waals surface area contributed by atoms with E-state index < -0.39 is 47.5 Å². The number of hydrogen-bond donors (Lipinski definition) is 3. The van der Waals surface area contributed by atoms with Gasteiger partial charge in [0.25, 0.3) is 0 Å². The molecule has 0 aromatic heterocycles. The Morgan fingerprint density at radius 2 is 1.33 bits per heavy atom. The first-order valence-electron chi connectivity index (χ1n) is 5.07. The molecule has 1 rings (SSSR count). The first kappa shape index (κ1) is 13.9. The number of carboxylic acids is 3. The second kappa shape index (κ2) is 5.03. The van der Waals surface area contributed by atoms with E-state index in [0.717, 1.165) is 7.11 Å². The quantitative estimate of drug-likeness (QED) is 0.563. The highest BCUT2D eigenvalue weighted by atomic mass is 16.5. The Morgan fingerprint density at radius 1 is 0.889 bits per heavy atom. The molecule has 8 heteroatoms. The average Bonchev–Trinajstić information content (AvgIpc) is 2.68. The Hall–Kier alpha value is -2.12. The van der Waals surface area contributed by atoms with Crippen molar-refractivity contribution < 1.29 is 39.2 Å². The van der Waals surface area contributed by atoms with E-state index in [9.17, 15) is 19.2 Å². The summed E-state index contributed by atoms with van der Waals surface area (Å²) >= 11 is 0. The number of aliphatic carboxylic acids is 3. The number of carbonyl (C=O) groups is 4. The number of carbonyl (C=O) groups excluding carboxylic acids is 1. The number of carboxylic acid groups (broad SMARTS) is 3. The summed E-state index contributed by atoms with van der Waals surface area (Å²) < 4.78 is 4.38. The molecule has 0 aliphatic heterocycles. The minimum Gasteiger partial charge on any atom is -0.481 e. The predicted octanol–water partition coefficient (Wildman–Crippen LogP) is -0.718. The second-order valence-corrected chi connectivity index (χ2v) is 4.04. The van der Waals surface area contributed by atoms with Crippen molar-refractivity contribution in [3.63, 3.8) is 0 Å². The SMILES string of the molecule is COC(=O)C1CC(C(=O)O)C(C(=O)O)C1C(=O)O. The fraction of sp³-hybridized carbons (Fsp3) is 0.600. The van der Waals surface area contributed by atoms with Gasteiger partial charge in [0.1, 0.15) is 0 Å². The summed E-state index contributed by atoms with van der Waals surface area (Å²) in [5, 5.41) is 26.8. The summed E-state index contributed by atoms with van der Waals surface area (Å²) in [5.41, 5.74) is 0. The monoisotopic (exact) mass is 260 g/mol. The molecule has 0 aromatic carbocycles. The summed E-state index contributed by atoms with van der Waals surface area (Å²) in [4.78, 5) is 44.4. The van der Waals surface area contributed by atoms with E-state index in [2.05, 4.69) is 4.74 Å². The maximum atomic E-state index is 11.4. The molecule has 18 heavy (non-hydrogen) atoms. The standard InChI is InChI=1S/C10H12O8/c1-18-10(17)4-2-3(7(11)12)5(8(13)14)6(4)9(15)16/h3-6H,2H2,1H3,(H,11,12)(H,13,14)(H,15,16). The molecule has 100 valence electrons. The van der Waals surface area contributed by atoms with Crippen LogP contribution in [0.5, 0.6) is 0 Å². The first-order valence-corrected chi connectivity index (χ1v) is 5.07. The van der Waals surface area contributed by atoms with Crippen LogP contribution in [0.2, 0.25) is 0 Å². The van der Waals surface area contributed by atoms with Crippen molar-refractivity contribution in [2.24, 2.45) is 23.7 Å². The number of methoxy groups -OCH3 is 1. The van der Waals surface area contributed by atoms with Crippen LogP contribution in [-0.2, 0) is 23.9 Å². The van der Waals surface area contributed by atoms with Gasteiger partial charge in [-0.1, -0.05) is 0 Å². The summed E-state index contributed by atoms with van der Waals surface area (Å²) in [5.74, 6) is -11.3. The molecule has 0 saturated heterocycles. The van der Waals surface area contributed by atoms with Crippen molar-refractivity contribution in [1.29, 1.82) is 0 Å². The predicted molar refractivity (Wildman–Crippen MR) is 53.5 cm³/mol. The average molecular weight is 260 g/mol. The Balaban J connectivity index is 3.17. The van der Waals surface area contributed by atoms with E-state index in [-0.39, 0.29) is 6.42 Å². The van der Waals surface area contributed by atoms with Crippen LogP contribution in [0.1, 0.15) is 6.42 Å². The lowest BCUT2D eigenvalue weighted by molar-refractivity contribution is -0.161. The van der Waals surface area contributed by atoms with Crippen LogP contribution in [0.4, 0.5) is 0 Å². The molecule has 0 bridgehead atoms. The van der Waals surface area contributed by atoms with Gasteiger partial charge in [0, 0.05) is 0 Å². The maximum absolute atomic E-state index is 11.4. The lowest BCUT2D eigenvalue weighted by Crippen LogP contribution is -2.35. The van der Waals surface area contributed by atoms with Crippen molar-refractivity contribution in [2.75, 3.05) is 7.11 Å². The highest BCUT2D eigenvalue weighted by Gasteiger charge is 2.56. The Kier molecular flexibility index (Phi) is 3.89. The van der Waals surface area contributed by atoms with Gasteiger partial charge in [-0.25, -0.2) is 0 Å². The molecule has 0 amide bonds. The van der Waals surface area contributed by atoms with E-state index >= 15 is 0 Å². The van der Waals surface area contributed by atoms with Crippen LogP contribution < -0.4 is 0 Å². The van der Waals surface area contributed by atoms with Crippen molar-refractivity contribution in [3.05, 3.63) is 0 Å². The van der Waals surface area contributed by atoms with Crippen molar-refractivity contribution >= 4 is 23.9 Å². The van der Waals surface area contributed by atoms with E-state index in [1.807, 2.05) is 0 Å². The third-order valence-electron chi connectivity index (χ3n) is 3.15. The summed E-state index contributed by atoms with van der Waals surface area (Å²) in [6, 6.07) is 0. The van der Waals surface area contributed by atoms with Crippen LogP contribution in [0, 0.1) is 23.7 Å². The van der Waals surface area contributed by atoms with Gasteiger partial charge >= 0.3 is 23.9 Å². The minimum absolute atomic E-state index is 0.351. The van der Waals surface area contributed by atoms with Gasteiger partial charge in [-0.05, 0) is 6.42 Å². The van der Waals surface area contributed by atoms with Gasteiger partial charge in [0.05, 0.1) is 30.8 Å². The third-order valence-corrected chi connectivity index (χ3v) is 3.15. The van der Waals surface area contributed by atoms with Gasteiger partial charge in [0.2, 0.25) is 0 Å². The molecule has 1 aliphatic rings. The molecule has 1 fully saturated rings. The molecule has 3 N–H and O–H groups in total. The molecule has 0 heterocycles. The molecule has 0 aromatic rings. The molecule has 0 spiro atoms. The van der Waals surface area contributed by atoms with Crippen LogP contribution in [-0.4, -0.2) is 46.3 Å². The van der Waals surface area contributed by atoms with E-state index in [1.165, 1.54) is 0 Å². The number of rotatable bonds is 4. The van der Waals surface area contributed by atoms with E-state index in [1.54, 1.807) is 0 Å². The maximum Gasteiger partial charge on any atom is 0.309 e. The summed E-state index contributed by atoms with van der Waals surface area (Å²) in [6.07, 6.45) is -0.351. The Bertz CT molecular complexity index is 401. The molecular formula is C10H12O8. The normalized spacial score (nSPS) is 30.7. The Morgan fingerprint density at radius 3 is 1.67 bits per heavy atom. The topological polar surface area (TPSA) is 138 Å². The number of esters is 1. The van der Waals surface area contributed by atoms with Crippen molar-refractivity contribution in [2.45, 2.75) is 6.42 Å². The van der Waals surface area contributed by atoms with Crippen molar-refractivity contribution in [3.8, 4) is 0 Å². The third kappa shape index (κ3) is 2.27. The summed E-state index contributed by atoms with van der Waals surface area (Å²) in [6.45, 7) is 0. The van der Waals surface area contributed by atoms with Crippen molar-refractivity contribution in [1.82, 2.24) is 0 Å². The smallest absolute Gasteiger partial charge is 0.309 e. The van der Waals surface area contributed by atoms with Gasteiger partial charge in [-0.2, -0.15) is 0 Å². The molecule has 8 nitrogen and oxygen atoms in total. The van der Waals surface area contributed by atoms with Gasteiger partial charge in [0.15, 0.2) is 0 Å². The molecule has 1 saturated carbocycles. The lowest BCUT2D eigenvalue weighted by Gasteiger charge is -2.17. The zero-order valence-corrected chi connectivity index (χ0v) is 9.40. The first-order chi connectivity index (χ1) is 8.31. The second-order valence-electron chi connectivity index (χ2n) is 4.04. The fourth-order valence-electron chi connectivity index (χ4n) is 2.37. The number of ether oxygens (including phenoxy) is 1. The van der Waals surface area contributed by atoms with Crippen LogP contribution in [0.3, 0.4) is 0 Å². The fourth-order valence-corrected chi connectivity index (χ4v) is 2.37. The highest BCUT2D eigenvalue weighted by Crippen LogP contribution is 2.42. The zero-order chi connectivity index (χ0) is 14.0. The molecule has 0 radical (unpaired) electrons. The summed E-state index contributed by atoms with van der Waals surface area (Å²) in [7, 11) is 1.03. The minimum atomic E-state index is -1.64. The molecule has 4 atom stereocenters. The van der Waals surface area contributed by atoms with E-state index in [4.69, 9.17) is 15.3 Å². The number of hydrogen-bond acceptors (Lipinski definition) is 5. The van der Waals surface area contributed by atoms with Gasteiger partial charge in [-0.15, -0.1) is 0 Å². The molecular weight excluding hydrogens is 248 g/mol. The van der Waals surface area contributed by atoms with E-state index in [0.29, 0.717) is 0 Å². The van der Waals surface area contributed by atoms with Crippen LogP contribution >= 0.6 is 0 Å². The van der Waals surface area contributed by atoms with Crippen LogP contribution in [0.15, 0.2) is 0 Å². The highest BCUT2D eigenvalue weighted by molar-refractivity contribution is 5.91. The van der Waals surface area contributed by atoms with Gasteiger partial charge < -0.3 is 20.1 Å². The molecule has 4 unspecified atom stereocenters. The van der Waals surface area contributed by atoms with Gasteiger partial charge in [-0.3, -0.25) is 19.2 Å². The lowest BCUT2D eigenvalue weighted by atomic mass is 9.87. The largest absolute Gasteiger partial charge is 0.481 e. The van der Waals surface area contributed by atoms with Crippen LogP contribution in [0.25, 0.3) is 0 Å².